The topological polar surface area (TPSA) is 66.8 Å². The van der Waals surface area contributed by atoms with Gasteiger partial charge in [0.1, 0.15) is 17.7 Å². The van der Waals surface area contributed by atoms with Crippen molar-refractivity contribution in [1.29, 1.82) is 0 Å². The lowest BCUT2D eigenvalue weighted by molar-refractivity contribution is -0.199. The number of carbonyl (C=O) groups is 2. The van der Waals surface area contributed by atoms with Crippen LogP contribution in [-0.2, 0) is 22.6 Å². The van der Waals surface area contributed by atoms with E-state index in [1.807, 2.05) is 0 Å². The lowest BCUT2D eigenvalue weighted by Crippen LogP contribution is -2.52. The van der Waals surface area contributed by atoms with E-state index >= 15 is 0 Å². The van der Waals surface area contributed by atoms with Crippen LogP contribution >= 0.6 is 0 Å². The Kier molecular flexibility index (Phi) is 5.31. The van der Waals surface area contributed by atoms with Gasteiger partial charge >= 0.3 is 12.1 Å². The van der Waals surface area contributed by atoms with Gasteiger partial charge in [0.15, 0.2) is 0 Å². The van der Waals surface area contributed by atoms with E-state index in [1.54, 1.807) is 30.3 Å². The first-order valence-electron chi connectivity index (χ1n) is 8.52. The number of carbonyl (C=O) groups excluding carboxylic acids is 1. The van der Waals surface area contributed by atoms with E-state index in [0.717, 1.165) is 0 Å². The number of fused-ring (bicyclic) bond motifs is 1. The van der Waals surface area contributed by atoms with Gasteiger partial charge in [0.25, 0.3) is 0 Å². The van der Waals surface area contributed by atoms with Crippen LogP contribution in [0.4, 0.5) is 13.2 Å². The predicted molar refractivity (Wildman–Crippen MR) is 93.9 cm³/mol. The molecule has 148 valence electrons. The van der Waals surface area contributed by atoms with Crippen LogP contribution in [0.25, 0.3) is 0 Å². The molecule has 3 rings (SSSR count). The van der Waals surface area contributed by atoms with Crippen LogP contribution in [0.3, 0.4) is 0 Å². The quantitative estimate of drug-likeness (QED) is 0.865. The first kappa shape index (κ1) is 19.7. The minimum Gasteiger partial charge on any atom is -0.497 e. The first-order chi connectivity index (χ1) is 13.2. The summed E-state index contributed by atoms with van der Waals surface area (Å²) < 4.78 is 47.0. The van der Waals surface area contributed by atoms with Gasteiger partial charge in [-0.1, -0.05) is 36.4 Å². The number of ether oxygens (including phenoxy) is 1. The van der Waals surface area contributed by atoms with Gasteiger partial charge in [0, 0.05) is 6.54 Å². The van der Waals surface area contributed by atoms with Crippen molar-refractivity contribution in [3.63, 3.8) is 0 Å². The molecule has 0 spiro atoms. The molecule has 0 saturated carbocycles. The standard InChI is InChI=1S/C20H18F3NO4/c1-28-14-8-6-12(7-9-14)11-24-16(25)10-13-4-2-3-5-15(13)17(19(26)27)18(24)20(21,22)23/h2-9,17-18H,10-11H2,1H3,(H,26,27)/t17-,18-/m1/s1. The molecule has 2 aromatic carbocycles. The van der Waals surface area contributed by atoms with E-state index in [9.17, 15) is 27.9 Å². The maximum absolute atomic E-state index is 14.0. The van der Waals surface area contributed by atoms with E-state index < -0.39 is 30.0 Å². The Balaban J connectivity index is 2.08. The molecule has 0 unspecified atom stereocenters. The number of methoxy groups -OCH3 is 1. The fourth-order valence-electron chi connectivity index (χ4n) is 3.52. The third-order valence-corrected chi connectivity index (χ3v) is 4.82. The summed E-state index contributed by atoms with van der Waals surface area (Å²) in [5.41, 5.74) is 0.757. The summed E-state index contributed by atoms with van der Waals surface area (Å²) in [7, 11) is 1.46. The summed E-state index contributed by atoms with van der Waals surface area (Å²) in [5.74, 6) is -3.77. The molecule has 1 amide bonds. The third-order valence-electron chi connectivity index (χ3n) is 4.82. The van der Waals surface area contributed by atoms with Gasteiger partial charge < -0.3 is 14.7 Å². The molecule has 0 fully saturated rings. The Labute approximate surface area is 159 Å². The number of halogens is 3. The number of amides is 1. The Hall–Kier alpha value is -3.03. The molecular weight excluding hydrogens is 375 g/mol. The Bertz CT molecular complexity index is 880. The van der Waals surface area contributed by atoms with Gasteiger partial charge in [-0.05, 0) is 28.8 Å². The summed E-state index contributed by atoms with van der Waals surface area (Å²) in [6, 6.07) is 9.67. The molecule has 2 atom stereocenters. The summed E-state index contributed by atoms with van der Waals surface area (Å²) in [6.45, 7) is -0.356. The fraction of sp³-hybridized carbons (Fsp3) is 0.300. The molecule has 28 heavy (non-hydrogen) atoms. The van der Waals surface area contributed by atoms with Gasteiger partial charge in [-0.15, -0.1) is 0 Å². The van der Waals surface area contributed by atoms with Crippen molar-refractivity contribution in [2.75, 3.05) is 7.11 Å². The molecule has 0 saturated heterocycles. The van der Waals surface area contributed by atoms with Gasteiger partial charge in [-0.3, -0.25) is 9.59 Å². The molecular formula is C20H18F3NO4. The third kappa shape index (κ3) is 3.81. The smallest absolute Gasteiger partial charge is 0.410 e. The first-order valence-corrected chi connectivity index (χ1v) is 8.52. The van der Waals surface area contributed by atoms with Crippen LogP contribution in [0.15, 0.2) is 48.5 Å². The lowest BCUT2D eigenvalue weighted by Gasteiger charge is -2.35. The van der Waals surface area contributed by atoms with Crippen molar-refractivity contribution in [3.05, 3.63) is 65.2 Å². The van der Waals surface area contributed by atoms with Crippen LogP contribution in [0, 0.1) is 0 Å². The largest absolute Gasteiger partial charge is 0.497 e. The molecule has 5 nitrogen and oxygen atoms in total. The number of rotatable bonds is 4. The van der Waals surface area contributed by atoms with Crippen LogP contribution in [0.5, 0.6) is 5.75 Å². The number of alkyl halides is 3. The average molecular weight is 393 g/mol. The number of aliphatic carboxylic acids is 1. The zero-order chi connectivity index (χ0) is 20.5. The molecule has 1 heterocycles. The van der Waals surface area contributed by atoms with Gasteiger partial charge in [0.05, 0.1) is 13.5 Å². The van der Waals surface area contributed by atoms with Crippen LogP contribution < -0.4 is 4.74 Å². The van der Waals surface area contributed by atoms with Crippen molar-refractivity contribution in [2.45, 2.75) is 31.1 Å². The van der Waals surface area contributed by atoms with Crippen molar-refractivity contribution < 1.29 is 32.6 Å². The average Bonchev–Trinajstić information content (AvgIpc) is 2.76. The van der Waals surface area contributed by atoms with Gasteiger partial charge in [0.2, 0.25) is 5.91 Å². The highest BCUT2D eigenvalue weighted by molar-refractivity contribution is 5.86. The number of benzene rings is 2. The maximum atomic E-state index is 14.0. The molecule has 8 heteroatoms. The van der Waals surface area contributed by atoms with Crippen LogP contribution in [0.1, 0.15) is 22.6 Å². The normalized spacial score (nSPS) is 19.7. The van der Waals surface area contributed by atoms with Crippen molar-refractivity contribution in [2.24, 2.45) is 0 Å². The van der Waals surface area contributed by atoms with E-state index in [4.69, 9.17) is 4.74 Å². The van der Waals surface area contributed by atoms with Gasteiger partial charge in [-0.25, -0.2) is 0 Å². The molecule has 0 bridgehead atoms. The molecule has 0 aliphatic carbocycles. The monoisotopic (exact) mass is 393 g/mol. The Morgan fingerprint density at radius 3 is 2.39 bits per heavy atom. The zero-order valence-electron chi connectivity index (χ0n) is 14.9. The van der Waals surface area contributed by atoms with E-state index in [0.29, 0.717) is 21.8 Å². The van der Waals surface area contributed by atoms with Crippen molar-refractivity contribution in [3.8, 4) is 5.75 Å². The maximum Gasteiger partial charge on any atom is 0.410 e. The summed E-state index contributed by atoms with van der Waals surface area (Å²) in [5, 5.41) is 9.63. The van der Waals surface area contributed by atoms with Crippen LogP contribution in [0.2, 0.25) is 0 Å². The van der Waals surface area contributed by atoms with Crippen molar-refractivity contribution >= 4 is 11.9 Å². The summed E-state index contributed by atoms with van der Waals surface area (Å²) in [4.78, 5) is 25.2. The van der Waals surface area contributed by atoms with E-state index in [2.05, 4.69) is 0 Å². The highest BCUT2D eigenvalue weighted by Crippen LogP contribution is 2.40. The summed E-state index contributed by atoms with van der Waals surface area (Å²) >= 11 is 0. The minimum atomic E-state index is -4.91. The number of hydrogen-bond acceptors (Lipinski definition) is 3. The molecule has 1 aliphatic rings. The number of nitrogens with zero attached hydrogens (tertiary/aromatic N) is 1. The summed E-state index contributed by atoms with van der Waals surface area (Å²) in [6.07, 6.45) is -5.20. The predicted octanol–water partition coefficient (Wildman–Crippen LogP) is 3.38. The molecule has 0 aromatic heterocycles. The fourth-order valence-corrected chi connectivity index (χ4v) is 3.52. The second-order valence-corrected chi connectivity index (χ2v) is 6.55. The second-order valence-electron chi connectivity index (χ2n) is 6.55. The van der Waals surface area contributed by atoms with Crippen molar-refractivity contribution in [1.82, 2.24) is 4.90 Å². The van der Waals surface area contributed by atoms with Gasteiger partial charge in [-0.2, -0.15) is 13.2 Å². The zero-order valence-corrected chi connectivity index (χ0v) is 14.9. The lowest BCUT2D eigenvalue weighted by atomic mass is 9.88. The minimum absolute atomic E-state index is 0.0166. The number of carboxylic acids is 1. The van der Waals surface area contributed by atoms with E-state index in [-0.39, 0.29) is 18.5 Å². The highest BCUT2D eigenvalue weighted by Gasteiger charge is 2.54. The number of hydrogen-bond donors (Lipinski definition) is 1. The SMILES string of the molecule is COc1ccc(CN2C(=O)Cc3ccccc3[C@@H](C(=O)O)[C@@H]2C(F)(F)F)cc1. The molecule has 2 aromatic rings. The molecule has 0 radical (unpaired) electrons. The number of carboxylic acid groups (broad SMARTS) is 1. The molecule has 1 aliphatic heterocycles. The second kappa shape index (κ2) is 7.53. The molecule has 1 N–H and O–H groups in total. The Morgan fingerprint density at radius 1 is 1.18 bits per heavy atom. The van der Waals surface area contributed by atoms with E-state index in [1.165, 1.54) is 25.3 Å². The highest BCUT2D eigenvalue weighted by atomic mass is 19.4. The Morgan fingerprint density at radius 2 is 1.82 bits per heavy atom. The van der Waals surface area contributed by atoms with Crippen LogP contribution in [-0.4, -0.2) is 41.2 Å².